The van der Waals surface area contributed by atoms with Gasteiger partial charge in [-0.25, -0.2) is 22.6 Å². The molecule has 2 N–H and O–H groups in total. The number of aromatic nitrogens is 2. The fourth-order valence-electron chi connectivity index (χ4n) is 1.71. The maximum absolute atomic E-state index is 12.1. The van der Waals surface area contributed by atoms with Crippen LogP contribution in [0, 0.1) is 0 Å². The van der Waals surface area contributed by atoms with Crippen molar-refractivity contribution in [1.29, 1.82) is 0 Å². The van der Waals surface area contributed by atoms with Crippen molar-refractivity contribution >= 4 is 16.0 Å². The molecule has 20 heavy (non-hydrogen) atoms. The highest BCUT2D eigenvalue weighted by atomic mass is 32.2. The molecule has 2 rings (SSSR count). The number of sulfonamides is 1. The number of hydrogen-bond acceptors (Lipinski definition) is 4. The number of carbonyl (C=O) groups is 1. The first kappa shape index (κ1) is 14.2. The fourth-order valence-corrected chi connectivity index (χ4v) is 2.94. The number of carboxylic acid groups (broad SMARTS) is 1. The molecular formula is C12H13N3O4S. The summed E-state index contributed by atoms with van der Waals surface area (Å²) in [6.07, 6.45) is 2.43. The molecule has 0 amide bonds. The number of carboxylic acids is 1. The molecule has 0 unspecified atom stereocenters. The molecule has 8 heteroatoms. The second kappa shape index (κ2) is 5.43. The lowest BCUT2D eigenvalue weighted by Gasteiger charge is -2.10. The molecule has 0 spiro atoms. The summed E-state index contributed by atoms with van der Waals surface area (Å²) in [5.41, 5.74) is 0.279. The quantitative estimate of drug-likeness (QED) is 0.852. The van der Waals surface area contributed by atoms with Crippen LogP contribution < -0.4 is 4.72 Å². The highest BCUT2D eigenvalue weighted by Gasteiger charge is 2.19. The second-order valence-electron chi connectivity index (χ2n) is 3.95. The second-order valence-corrected chi connectivity index (χ2v) is 5.68. The van der Waals surface area contributed by atoms with Gasteiger partial charge in [-0.2, -0.15) is 5.10 Å². The van der Waals surface area contributed by atoms with Gasteiger partial charge in [-0.1, -0.05) is 19.1 Å². The van der Waals surface area contributed by atoms with Gasteiger partial charge in [0.15, 0.2) is 0 Å². The van der Waals surface area contributed by atoms with Crippen LogP contribution in [0.3, 0.4) is 0 Å². The van der Waals surface area contributed by atoms with Crippen molar-refractivity contribution in [2.24, 2.45) is 0 Å². The Bertz CT molecular complexity index is 737. The summed E-state index contributed by atoms with van der Waals surface area (Å²) in [6, 6.07) is 6.25. The third-order valence-corrected chi connectivity index (χ3v) is 4.16. The van der Waals surface area contributed by atoms with Gasteiger partial charge in [0.1, 0.15) is 4.90 Å². The number of rotatable bonds is 5. The van der Waals surface area contributed by atoms with E-state index in [0.717, 1.165) is 0 Å². The standard InChI is InChI=1S/C12H13N3O4S/c1-2-14-20(18,19)11-6-4-3-5-10(11)15-8-9(7-13-15)12(16)17/h3-8,14H,2H2,1H3,(H,16,17). The first-order valence-corrected chi connectivity index (χ1v) is 7.31. The van der Waals surface area contributed by atoms with Crippen molar-refractivity contribution in [1.82, 2.24) is 14.5 Å². The SMILES string of the molecule is CCNS(=O)(=O)c1ccccc1-n1cc(C(=O)O)cn1. The van der Waals surface area contributed by atoms with Crippen LogP contribution in [0.2, 0.25) is 0 Å². The first-order valence-electron chi connectivity index (χ1n) is 5.82. The summed E-state index contributed by atoms with van der Waals surface area (Å²) in [6.45, 7) is 1.94. The molecule has 0 aliphatic carbocycles. The lowest BCUT2D eigenvalue weighted by Crippen LogP contribution is -2.24. The molecule has 1 heterocycles. The van der Waals surface area contributed by atoms with E-state index in [9.17, 15) is 13.2 Å². The average molecular weight is 295 g/mol. The summed E-state index contributed by atoms with van der Waals surface area (Å²) in [5.74, 6) is -1.12. The minimum absolute atomic E-state index is 0.0133. The van der Waals surface area contributed by atoms with E-state index in [2.05, 4.69) is 9.82 Å². The number of benzene rings is 1. The van der Waals surface area contributed by atoms with E-state index in [-0.39, 0.29) is 17.0 Å². The van der Waals surface area contributed by atoms with Crippen LogP contribution in [0.15, 0.2) is 41.6 Å². The van der Waals surface area contributed by atoms with Gasteiger partial charge in [-0.05, 0) is 12.1 Å². The van der Waals surface area contributed by atoms with Crippen molar-refractivity contribution < 1.29 is 18.3 Å². The van der Waals surface area contributed by atoms with Crippen LogP contribution in [-0.2, 0) is 10.0 Å². The summed E-state index contributed by atoms with van der Waals surface area (Å²) >= 11 is 0. The van der Waals surface area contributed by atoms with E-state index >= 15 is 0 Å². The van der Waals surface area contributed by atoms with Crippen LogP contribution >= 0.6 is 0 Å². The number of aromatic carboxylic acids is 1. The molecule has 1 aromatic heterocycles. The highest BCUT2D eigenvalue weighted by Crippen LogP contribution is 2.19. The molecule has 0 atom stereocenters. The van der Waals surface area contributed by atoms with Gasteiger partial charge in [0.05, 0.1) is 17.4 Å². The Kier molecular flexibility index (Phi) is 3.86. The average Bonchev–Trinajstić information content (AvgIpc) is 2.88. The molecule has 0 fully saturated rings. The molecule has 2 aromatic rings. The van der Waals surface area contributed by atoms with Crippen LogP contribution in [0.5, 0.6) is 0 Å². The Morgan fingerprint density at radius 3 is 2.70 bits per heavy atom. The maximum Gasteiger partial charge on any atom is 0.338 e. The predicted octanol–water partition coefficient (Wildman–Crippen LogP) is 0.869. The third kappa shape index (κ3) is 2.70. The number of hydrogen-bond donors (Lipinski definition) is 2. The van der Waals surface area contributed by atoms with Crippen molar-refractivity contribution in [3.8, 4) is 5.69 Å². The van der Waals surface area contributed by atoms with Crippen LogP contribution in [-0.4, -0.2) is 35.8 Å². The van der Waals surface area contributed by atoms with Crippen molar-refractivity contribution in [2.75, 3.05) is 6.54 Å². The van der Waals surface area contributed by atoms with Gasteiger partial charge in [0, 0.05) is 12.7 Å². The zero-order valence-corrected chi connectivity index (χ0v) is 11.5. The third-order valence-electron chi connectivity index (χ3n) is 2.57. The minimum Gasteiger partial charge on any atom is -0.478 e. The number of nitrogens with zero attached hydrogens (tertiary/aromatic N) is 2. The molecule has 7 nitrogen and oxygen atoms in total. The fraction of sp³-hybridized carbons (Fsp3) is 0.167. The van der Waals surface area contributed by atoms with Crippen LogP contribution in [0.1, 0.15) is 17.3 Å². The predicted molar refractivity (Wildman–Crippen MR) is 71.4 cm³/mol. The van der Waals surface area contributed by atoms with E-state index in [1.54, 1.807) is 25.1 Å². The Labute approximate surface area is 115 Å². The molecular weight excluding hydrogens is 282 g/mol. The van der Waals surface area contributed by atoms with Crippen LogP contribution in [0.4, 0.5) is 0 Å². The molecule has 106 valence electrons. The summed E-state index contributed by atoms with van der Waals surface area (Å²) in [4.78, 5) is 10.9. The van der Waals surface area contributed by atoms with Crippen LogP contribution in [0.25, 0.3) is 5.69 Å². The van der Waals surface area contributed by atoms with Gasteiger partial charge in [-0.15, -0.1) is 0 Å². The van der Waals surface area contributed by atoms with Crippen molar-refractivity contribution in [3.05, 3.63) is 42.2 Å². The monoisotopic (exact) mass is 295 g/mol. The van der Waals surface area contributed by atoms with Gasteiger partial charge in [0.2, 0.25) is 10.0 Å². The lowest BCUT2D eigenvalue weighted by molar-refractivity contribution is 0.0697. The highest BCUT2D eigenvalue weighted by molar-refractivity contribution is 7.89. The van der Waals surface area contributed by atoms with E-state index in [0.29, 0.717) is 5.69 Å². The van der Waals surface area contributed by atoms with Crippen molar-refractivity contribution in [2.45, 2.75) is 11.8 Å². The summed E-state index contributed by atoms with van der Waals surface area (Å²) in [7, 11) is -3.66. The molecule has 0 aliphatic heterocycles. The smallest absolute Gasteiger partial charge is 0.338 e. The minimum atomic E-state index is -3.66. The first-order chi connectivity index (χ1) is 9.45. The number of nitrogens with one attached hydrogen (secondary N) is 1. The van der Waals surface area contributed by atoms with Gasteiger partial charge >= 0.3 is 5.97 Å². The largest absolute Gasteiger partial charge is 0.478 e. The molecule has 1 aromatic carbocycles. The maximum atomic E-state index is 12.1. The van der Waals surface area contributed by atoms with Gasteiger partial charge < -0.3 is 5.11 Å². The topological polar surface area (TPSA) is 101 Å². The van der Waals surface area contributed by atoms with E-state index < -0.39 is 16.0 Å². The van der Waals surface area contributed by atoms with Gasteiger partial charge in [-0.3, -0.25) is 0 Å². The summed E-state index contributed by atoms with van der Waals surface area (Å²) in [5, 5.41) is 12.8. The molecule has 0 aliphatic rings. The molecule has 0 saturated heterocycles. The normalized spacial score (nSPS) is 11.4. The Morgan fingerprint density at radius 1 is 1.40 bits per heavy atom. The summed E-state index contributed by atoms with van der Waals surface area (Å²) < 4.78 is 27.8. The molecule has 0 bridgehead atoms. The zero-order chi connectivity index (χ0) is 14.8. The van der Waals surface area contributed by atoms with E-state index in [4.69, 9.17) is 5.11 Å². The molecule has 0 radical (unpaired) electrons. The van der Waals surface area contributed by atoms with Gasteiger partial charge in [0.25, 0.3) is 0 Å². The Morgan fingerprint density at radius 2 is 2.10 bits per heavy atom. The van der Waals surface area contributed by atoms with E-state index in [1.165, 1.54) is 23.1 Å². The lowest BCUT2D eigenvalue weighted by atomic mass is 10.3. The van der Waals surface area contributed by atoms with Crippen molar-refractivity contribution in [3.63, 3.8) is 0 Å². The molecule has 0 saturated carbocycles. The Balaban J connectivity index is 2.55. The zero-order valence-electron chi connectivity index (χ0n) is 10.6. The number of para-hydroxylation sites is 1. The Hall–Kier alpha value is -2.19. The van der Waals surface area contributed by atoms with E-state index in [1.807, 2.05) is 0 Å².